The number of benzene rings is 8. The summed E-state index contributed by atoms with van der Waals surface area (Å²) >= 11 is 0. The van der Waals surface area contributed by atoms with Crippen molar-refractivity contribution in [3.05, 3.63) is 164 Å². The maximum Gasteiger partial charge on any atom is 0.180 e. The molecule has 0 spiro atoms. The Bertz CT molecular complexity index is 3100. The summed E-state index contributed by atoms with van der Waals surface area (Å²) in [7, 11) is 0. The Kier molecular flexibility index (Phi) is 5.63. The predicted molar refractivity (Wildman–Crippen MR) is 207 cm³/mol. The molecule has 0 unspecified atom stereocenters. The molecule has 11 aromatic rings. The van der Waals surface area contributed by atoms with Crippen LogP contribution in [-0.2, 0) is 0 Å². The SMILES string of the molecule is c1ccc(-c2nc(-c3ccccc3)c3oc4ccc5c6ccccc6n(-c6ccc7c8ccccc8c8ccccc8c7c6)c5c4c3n2)cc1. The van der Waals surface area contributed by atoms with Gasteiger partial charge in [-0.3, -0.25) is 0 Å². The van der Waals surface area contributed by atoms with Crippen LogP contribution < -0.4 is 0 Å². The van der Waals surface area contributed by atoms with E-state index >= 15 is 0 Å². The second kappa shape index (κ2) is 10.4. The van der Waals surface area contributed by atoms with Gasteiger partial charge in [0.25, 0.3) is 0 Å². The molecule has 0 amide bonds. The van der Waals surface area contributed by atoms with Crippen molar-refractivity contribution < 1.29 is 4.42 Å². The molecule has 0 saturated carbocycles. The summed E-state index contributed by atoms with van der Waals surface area (Å²) in [5.41, 5.74) is 8.30. The minimum Gasteiger partial charge on any atom is -0.452 e. The summed E-state index contributed by atoms with van der Waals surface area (Å²) in [6.07, 6.45) is 0. The zero-order valence-electron chi connectivity index (χ0n) is 26.8. The topological polar surface area (TPSA) is 43.9 Å². The molecule has 11 rings (SSSR count). The molecule has 0 N–H and O–H groups in total. The molecular formula is C46H27N3O. The smallest absolute Gasteiger partial charge is 0.180 e. The first kappa shape index (κ1) is 27.2. The van der Waals surface area contributed by atoms with E-state index in [1.54, 1.807) is 0 Å². The van der Waals surface area contributed by atoms with Crippen molar-refractivity contribution >= 4 is 76.2 Å². The van der Waals surface area contributed by atoms with E-state index < -0.39 is 0 Å². The average Bonchev–Trinajstić information content (AvgIpc) is 3.74. The third-order valence-electron chi connectivity index (χ3n) is 10.2. The molecule has 3 heterocycles. The van der Waals surface area contributed by atoms with Crippen LogP contribution in [0.4, 0.5) is 0 Å². The monoisotopic (exact) mass is 637 g/mol. The number of hydrogen-bond acceptors (Lipinski definition) is 3. The normalized spacial score (nSPS) is 12.0. The molecule has 0 atom stereocenters. The molecule has 8 aromatic carbocycles. The lowest BCUT2D eigenvalue weighted by Gasteiger charge is -2.14. The van der Waals surface area contributed by atoms with Gasteiger partial charge in [0.15, 0.2) is 11.4 Å². The third-order valence-corrected chi connectivity index (χ3v) is 10.2. The summed E-state index contributed by atoms with van der Waals surface area (Å²) < 4.78 is 9.16. The van der Waals surface area contributed by atoms with Crippen LogP contribution >= 0.6 is 0 Å². The molecule has 232 valence electrons. The van der Waals surface area contributed by atoms with Crippen LogP contribution in [0.5, 0.6) is 0 Å². The van der Waals surface area contributed by atoms with Crippen molar-refractivity contribution in [1.82, 2.24) is 14.5 Å². The Balaban J connectivity index is 1.30. The van der Waals surface area contributed by atoms with Gasteiger partial charge in [0.1, 0.15) is 16.8 Å². The van der Waals surface area contributed by atoms with E-state index in [0.29, 0.717) is 11.4 Å². The molecule has 50 heavy (non-hydrogen) atoms. The molecule has 0 aliphatic carbocycles. The van der Waals surface area contributed by atoms with Crippen LogP contribution in [0, 0.1) is 0 Å². The zero-order chi connectivity index (χ0) is 32.8. The fourth-order valence-electron chi connectivity index (χ4n) is 7.99. The molecule has 0 aliphatic rings. The van der Waals surface area contributed by atoms with Crippen LogP contribution in [0.25, 0.3) is 105 Å². The predicted octanol–water partition coefficient (Wildman–Crippen LogP) is 12.3. The van der Waals surface area contributed by atoms with E-state index in [1.165, 1.54) is 37.7 Å². The van der Waals surface area contributed by atoms with Gasteiger partial charge in [-0.05, 0) is 62.6 Å². The second-order valence-electron chi connectivity index (χ2n) is 12.9. The molecule has 4 heteroatoms. The van der Waals surface area contributed by atoms with Gasteiger partial charge in [-0.1, -0.05) is 133 Å². The minimum atomic E-state index is 0.670. The maximum atomic E-state index is 6.76. The van der Waals surface area contributed by atoms with Crippen LogP contribution in [0.2, 0.25) is 0 Å². The number of furan rings is 1. The zero-order valence-corrected chi connectivity index (χ0v) is 26.8. The number of nitrogens with zero attached hydrogens (tertiary/aromatic N) is 3. The molecule has 0 fully saturated rings. The van der Waals surface area contributed by atoms with Gasteiger partial charge in [-0.2, -0.15) is 0 Å². The van der Waals surface area contributed by atoms with Crippen LogP contribution in [0.15, 0.2) is 168 Å². The molecule has 4 nitrogen and oxygen atoms in total. The maximum absolute atomic E-state index is 6.76. The molecule has 0 saturated heterocycles. The van der Waals surface area contributed by atoms with Gasteiger partial charge in [0.2, 0.25) is 0 Å². The lowest BCUT2D eigenvalue weighted by Crippen LogP contribution is -1.96. The highest BCUT2D eigenvalue weighted by Gasteiger charge is 2.24. The van der Waals surface area contributed by atoms with E-state index in [-0.39, 0.29) is 0 Å². The minimum absolute atomic E-state index is 0.670. The second-order valence-corrected chi connectivity index (χ2v) is 12.9. The van der Waals surface area contributed by atoms with Crippen molar-refractivity contribution in [1.29, 1.82) is 0 Å². The fourth-order valence-corrected chi connectivity index (χ4v) is 7.99. The number of hydrogen-bond donors (Lipinski definition) is 0. The van der Waals surface area contributed by atoms with Crippen molar-refractivity contribution in [2.45, 2.75) is 0 Å². The highest BCUT2D eigenvalue weighted by atomic mass is 16.3. The highest BCUT2D eigenvalue weighted by molar-refractivity contribution is 6.27. The molecule has 3 aromatic heterocycles. The fraction of sp³-hybridized carbons (Fsp3) is 0. The summed E-state index contributed by atoms with van der Waals surface area (Å²) in [4.78, 5) is 10.4. The van der Waals surface area contributed by atoms with E-state index in [4.69, 9.17) is 14.4 Å². The van der Waals surface area contributed by atoms with Gasteiger partial charge in [-0.25, -0.2) is 9.97 Å². The lowest BCUT2D eigenvalue weighted by molar-refractivity contribution is 0.667. The first-order chi connectivity index (χ1) is 24.8. The Morgan fingerprint density at radius 1 is 0.440 bits per heavy atom. The van der Waals surface area contributed by atoms with Gasteiger partial charge < -0.3 is 8.98 Å². The third kappa shape index (κ3) is 3.81. The van der Waals surface area contributed by atoms with Crippen LogP contribution in [0.1, 0.15) is 0 Å². The quantitative estimate of drug-likeness (QED) is 0.181. The largest absolute Gasteiger partial charge is 0.452 e. The van der Waals surface area contributed by atoms with Crippen molar-refractivity contribution in [3.63, 3.8) is 0 Å². The van der Waals surface area contributed by atoms with Gasteiger partial charge in [0, 0.05) is 27.6 Å². The summed E-state index contributed by atoms with van der Waals surface area (Å²) in [5.74, 6) is 0.670. The van der Waals surface area contributed by atoms with Crippen molar-refractivity contribution in [2.24, 2.45) is 0 Å². The summed E-state index contributed by atoms with van der Waals surface area (Å²) in [6.45, 7) is 0. The molecule has 0 aliphatic heterocycles. The number of fused-ring (bicyclic) bond motifs is 13. The Hall–Kier alpha value is -6.78. The summed E-state index contributed by atoms with van der Waals surface area (Å²) in [6, 6.07) is 57.8. The van der Waals surface area contributed by atoms with E-state index in [1.807, 2.05) is 36.4 Å². The van der Waals surface area contributed by atoms with Gasteiger partial charge >= 0.3 is 0 Å². The first-order valence-electron chi connectivity index (χ1n) is 16.9. The van der Waals surface area contributed by atoms with Crippen molar-refractivity contribution in [3.8, 4) is 28.3 Å². The highest BCUT2D eigenvalue weighted by Crippen LogP contribution is 2.44. The molecular weight excluding hydrogens is 611 g/mol. The standard InChI is InChI=1S/C46H27N3O/c1-3-13-28(14-4-1)42-45-43(48-46(47-42)29-15-5-2-6-16-29)41-40(50-45)26-25-37-36-21-11-12-22-39(36)49(44(37)41)30-23-24-35-33-19-8-7-17-31(33)32-18-9-10-20-34(32)38(35)27-30/h1-27H. The van der Waals surface area contributed by atoms with E-state index in [2.05, 4.69) is 132 Å². The Morgan fingerprint density at radius 3 is 1.70 bits per heavy atom. The van der Waals surface area contributed by atoms with Crippen LogP contribution in [-0.4, -0.2) is 14.5 Å². The summed E-state index contributed by atoms with van der Waals surface area (Å²) in [5, 5.41) is 10.8. The number of aromatic nitrogens is 3. The molecule has 0 bridgehead atoms. The van der Waals surface area contributed by atoms with E-state index in [0.717, 1.165) is 55.4 Å². The Morgan fingerprint density at radius 2 is 1.00 bits per heavy atom. The number of para-hydroxylation sites is 1. The number of rotatable bonds is 3. The van der Waals surface area contributed by atoms with Gasteiger partial charge in [-0.15, -0.1) is 0 Å². The van der Waals surface area contributed by atoms with Gasteiger partial charge in [0.05, 0.1) is 16.4 Å². The van der Waals surface area contributed by atoms with Crippen LogP contribution in [0.3, 0.4) is 0 Å². The lowest BCUT2D eigenvalue weighted by atomic mass is 9.94. The molecule has 0 radical (unpaired) electrons. The average molecular weight is 638 g/mol. The van der Waals surface area contributed by atoms with Crippen molar-refractivity contribution in [2.75, 3.05) is 0 Å². The first-order valence-corrected chi connectivity index (χ1v) is 16.9. The van der Waals surface area contributed by atoms with E-state index in [9.17, 15) is 0 Å². The Labute approximate surface area is 286 Å².